The lowest BCUT2D eigenvalue weighted by Crippen LogP contribution is -2.39. The Balaban J connectivity index is 1.76. The predicted molar refractivity (Wildman–Crippen MR) is 90.3 cm³/mol. The molecule has 0 atom stereocenters. The summed E-state index contributed by atoms with van der Waals surface area (Å²) in [6, 6.07) is 6.59. The Kier molecular flexibility index (Phi) is 6.49. The van der Waals surface area contributed by atoms with Crippen LogP contribution in [0.5, 0.6) is 5.75 Å². The molecule has 0 bridgehead atoms. The van der Waals surface area contributed by atoms with Crippen molar-refractivity contribution in [3.05, 3.63) is 29.3 Å². The summed E-state index contributed by atoms with van der Waals surface area (Å²) in [5.74, 6) is 6.25. The quantitative estimate of drug-likeness (QED) is 0.603. The standard InChI is InChI=1S/C16H18ClNO5S/c1-24(20,21)22-12-2-3-13-8-10-18(11-9-13)16(19)23-15-6-4-14(17)5-7-15/h4-7,13H,8-12H2,1H3. The highest BCUT2D eigenvalue weighted by atomic mass is 35.5. The molecule has 1 aliphatic rings. The van der Waals surface area contributed by atoms with Crippen LogP contribution in [0.1, 0.15) is 12.8 Å². The Morgan fingerprint density at radius 2 is 1.92 bits per heavy atom. The molecule has 130 valence electrons. The summed E-state index contributed by atoms with van der Waals surface area (Å²) in [7, 11) is -3.46. The second-order valence-electron chi connectivity index (χ2n) is 5.37. The van der Waals surface area contributed by atoms with Crippen LogP contribution >= 0.6 is 11.6 Å². The van der Waals surface area contributed by atoms with Gasteiger partial charge in [-0.2, -0.15) is 8.42 Å². The normalized spacial score (nSPS) is 15.5. The molecular formula is C16H18ClNO5S. The average molecular weight is 372 g/mol. The van der Waals surface area contributed by atoms with E-state index < -0.39 is 16.2 Å². The fourth-order valence-electron chi connectivity index (χ4n) is 2.20. The molecule has 1 saturated heterocycles. The number of likely N-dealkylation sites (tertiary alicyclic amines) is 1. The second-order valence-corrected chi connectivity index (χ2v) is 7.45. The lowest BCUT2D eigenvalue weighted by Gasteiger charge is -2.28. The first-order valence-electron chi connectivity index (χ1n) is 7.38. The highest BCUT2D eigenvalue weighted by Gasteiger charge is 2.23. The zero-order valence-electron chi connectivity index (χ0n) is 13.2. The summed E-state index contributed by atoms with van der Waals surface area (Å²) in [6.45, 7) is 0.940. The largest absolute Gasteiger partial charge is 0.415 e. The number of nitrogens with zero attached hydrogens (tertiary/aromatic N) is 1. The molecule has 0 aromatic heterocycles. The molecule has 0 aliphatic carbocycles. The minimum absolute atomic E-state index is 0.118. The summed E-state index contributed by atoms with van der Waals surface area (Å²) in [4.78, 5) is 13.7. The molecule has 0 spiro atoms. The topological polar surface area (TPSA) is 72.9 Å². The summed E-state index contributed by atoms with van der Waals surface area (Å²) in [5, 5.41) is 0.578. The van der Waals surface area contributed by atoms with Crippen molar-refractivity contribution in [1.29, 1.82) is 0 Å². The van der Waals surface area contributed by atoms with Gasteiger partial charge >= 0.3 is 6.09 Å². The molecule has 1 fully saturated rings. The zero-order valence-corrected chi connectivity index (χ0v) is 14.8. The van der Waals surface area contributed by atoms with Gasteiger partial charge in [-0.15, -0.1) is 0 Å². The van der Waals surface area contributed by atoms with Gasteiger partial charge < -0.3 is 9.64 Å². The van der Waals surface area contributed by atoms with Crippen LogP contribution in [-0.4, -0.2) is 45.4 Å². The van der Waals surface area contributed by atoms with Crippen LogP contribution in [0.2, 0.25) is 5.02 Å². The van der Waals surface area contributed by atoms with Gasteiger partial charge in [-0.3, -0.25) is 4.18 Å². The van der Waals surface area contributed by atoms with E-state index in [-0.39, 0.29) is 12.5 Å². The van der Waals surface area contributed by atoms with Gasteiger partial charge in [0.1, 0.15) is 12.4 Å². The van der Waals surface area contributed by atoms with Crippen LogP contribution in [0.3, 0.4) is 0 Å². The number of amides is 1. The SMILES string of the molecule is CS(=O)(=O)OCC#CC1CCN(C(=O)Oc2ccc(Cl)cc2)CC1. The number of carbonyl (C=O) groups is 1. The minimum atomic E-state index is -3.46. The van der Waals surface area contributed by atoms with Gasteiger partial charge in [0, 0.05) is 24.0 Å². The van der Waals surface area contributed by atoms with Crippen LogP contribution in [0.15, 0.2) is 24.3 Å². The maximum atomic E-state index is 12.1. The molecule has 1 aromatic carbocycles. The third-order valence-corrected chi connectivity index (χ3v) is 4.22. The van der Waals surface area contributed by atoms with Crippen molar-refractivity contribution in [3.8, 4) is 17.6 Å². The minimum Gasteiger partial charge on any atom is -0.410 e. The molecule has 1 aromatic rings. The highest BCUT2D eigenvalue weighted by Crippen LogP contribution is 2.20. The third kappa shape index (κ3) is 6.40. The monoisotopic (exact) mass is 371 g/mol. The van der Waals surface area contributed by atoms with Gasteiger partial charge in [0.25, 0.3) is 10.1 Å². The summed E-state index contributed by atoms with van der Waals surface area (Å²) in [5.41, 5.74) is 0. The molecule has 0 radical (unpaired) electrons. The van der Waals surface area contributed by atoms with Crippen molar-refractivity contribution in [2.45, 2.75) is 12.8 Å². The highest BCUT2D eigenvalue weighted by molar-refractivity contribution is 7.86. The molecule has 2 rings (SSSR count). The van der Waals surface area contributed by atoms with Crippen LogP contribution in [-0.2, 0) is 14.3 Å². The van der Waals surface area contributed by atoms with Crippen LogP contribution in [0, 0.1) is 17.8 Å². The van der Waals surface area contributed by atoms with Gasteiger partial charge in [-0.05, 0) is 37.1 Å². The molecule has 0 N–H and O–H groups in total. The molecular weight excluding hydrogens is 354 g/mol. The first-order chi connectivity index (χ1) is 11.3. The van der Waals surface area contributed by atoms with E-state index in [1.54, 1.807) is 29.2 Å². The zero-order chi connectivity index (χ0) is 17.6. The van der Waals surface area contributed by atoms with Crippen LogP contribution in [0.4, 0.5) is 4.79 Å². The fraction of sp³-hybridized carbons (Fsp3) is 0.438. The Morgan fingerprint density at radius 1 is 1.29 bits per heavy atom. The lowest BCUT2D eigenvalue weighted by molar-refractivity contribution is 0.137. The number of carbonyl (C=O) groups excluding carboxylic acids is 1. The Morgan fingerprint density at radius 3 is 2.50 bits per heavy atom. The van der Waals surface area contributed by atoms with E-state index in [2.05, 4.69) is 16.0 Å². The maximum Gasteiger partial charge on any atom is 0.415 e. The third-order valence-electron chi connectivity index (χ3n) is 3.42. The maximum absolute atomic E-state index is 12.1. The predicted octanol–water partition coefficient (Wildman–Crippen LogP) is 2.53. The molecule has 1 amide bonds. The van der Waals surface area contributed by atoms with E-state index in [0.29, 0.717) is 36.7 Å². The lowest BCUT2D eigenvalue weighted by atomic mass is 9.98. The summed E-state index contributed by atoms with van der Waals surface area (Å²) < 4.78 is 31.5. The molecule has 8 heteroatoms. The molecule has 0 saturated carbocycles. The van der Waals surface area contributed by atoms with Gasteiger partial charge in [-0.1, -0.05) is 23.4 Å². The van der Waals surface area contributed by atoms with Crippen LogP contribution in [0.25, 0.3) is 0 Å². The first-order valence-corrected chi connectivity index (χ1v) is 9.58. The van der Waals surface area contributed by atoms with Crippen LogP contribution < -0.4 is 4.74 Å². The van der Waals surface area contributed by atoms with Gasteiger partial charge in [0.15, 0.2) is 0 Å². The van der Waals surface area contributed by atoms with E-state index in [4.69, 9.17) is 16.3 Å². The van der Waals surface area contributed by atoms with E-state index >= 15 is 0 Å². The average Bonchev–Trinajstić information content (AvgIpc) is 2.53. The smallest absolute Gasteiger partial charge is 0.410 e. The van der Waals surface area contributed by atoms with Gasteiger partial charge in [0.05, 0.1) is 6.26 Å². The first kappa shape index (κ1) is 18.6. The van der Waals surface area contributed by atoms with Crippen molar-refractivity contribution in [1.82, 2.24) is 4.90 Å². The van der Waals surface area contributed by atoms with Crippen molar-refractivity contribution in [3.63, 3.8) is 0 Å². The number of ether oxygens (including phenoxy) is 1. The van der Waals surface area contributed by atoms with Crippen molar-refractivity contribution in [2.75, 3.05) is 26.0 Å². The number of benzene rings is 1. The van der Waals surface area contributed by atoms with Gasteiger partial charge in [0.2, 0.25) is 0 Å². The number of hydrogen-bond donors (Lipinski definition) is 0. The number of piperidine rings is 1. The van der Waals surface area contributed by atoms with E-state index in [1.165, 1.54) is 0 Å². The van der Waals surface area contributed by atoms with Gasteiger partial charge in [-0.25, -0.2) is 4.79 Å². The fourth-order valence-corrected chi connectivity index (χ4v) is 2.60. The molecule has 6 nitrogen and oxygen atoms in total. The van der Waals surface area contributed by atoms with E-state index in [0.717, 1.165) is 6.26 Å². The second kappa shape index (κ2) is 8.38. The summed E-state index contributed by atoms with van der Waals surface area (Å²) in [6.07, 6.45) is 2.01. The van der Waals surface area contributed by atoms with E-state index in [9.17, 15) is 13.2 Å². The molecule has 1 heterocycles. The Bertz CT molecular complexity index is 728. The van der Waals surface area contributed by atoms with E-state index in [1.807, 2.05) is 0 Å². The van der Waals surface area contributed by atoms with Crippen molar-refractivity contribution < 1.29 is 22.1 Å². The van der Waals surface area contributed by atoms with Crippen molar-refractivity contribution in [2.24, 2.45) is 5.92 Å². The number of halogens is 1. The molecule has 0 unspecified atom stereocenters. The molecule has 1 aliphatic heterocycles. The Hall–Kier alpha value is -1.75. The number of hydrogen-bond acceptors (Lipinski definition) is 5. The Labute approximate surface area is 146 Å². The number of rotatable bonds is 3. The summed E-state index contributed by atoms with van der Waals surface area (Å²) >= 11 is 5.78. The molecule has 24 heavy (non-hydrogen) atoms. The van der Waals surface area contributed by atoms with Crippen molar-refractivity contribution >= 4 is 27.8 Å².